The van der Waals surface area contributed by atoms with Gasteiger partial charge in [0, 0.05) is 37.1 Å². The molecule has 0 amide bonds. The molecule has 0 saturated heterocycles. The van der Waals surface area contributed by atoms with Crippen LogP contribution in [0.2, 0.25) is 0 Å². The van der Waals surface area contributed by atoms with Crippen molar-refractivity contribution >= 4 is 0 Å². The number of aromatic nitrogens is 1. The van der Waals surface area contributed by atoms with Gasteiger partial charge in [0.25, 0.3) is 0 Å². The quantitative estimate of drug-likeness (QED) is 0.639. The number of aryl methyl sites for hydroxylation is 2. The maximum Gasteiger partial charge on any atom is 0.127 e. The summed E-state index contributed by atoms with van der Waals surface area (Å²) in [5, 5.41) is 0. The molecule has 0 unspecified atom stereocenters. The van der Waals surface area contributed by atoms with E-state index >= 15 is 0 Å². The van der Waals surface area contributed by atoms with Gasteiger partial charge in [-0.15, -0.1) is 0 Å². The summed E-state index contributed by atoms with van der Waals surface area (Å²) in [5.41, 5.74) is 3.98. The lowest BCUT2D eigenvalue weighted by Crippen LogP contribution is -2.30. The molecule has 0 saturated carbocycles. The van der Waals surface area contributed by atoms with Gasteiger partial charge in [-0.1, -0.05) is 29.8 Å². The minimum atomic E-state index is -0.397. The van der Waals surface area contributed by atoms with Crippen LogP contribution >= 0.6 is 0 Å². The average Bonchev–Trinajstić information content (AvgIpc) is 2.99. The highest BCUT2D eigenvalue weighted by molar-refractivity contribution is 5.33. The summed E-state index contributed by atoms with van der Waals surface area (Å²) in [6.45, 7) is 4.23. The van der Waals surface area contributed by atoms with Crippen molar-refractivity contribution in [3.63, 3.8) is 0 Å². The third-order valence-corrected chi connectivity index (χ3v) is 5.09. The Hall–Kier alpha value is -2.46. The van der Waals surface area contributed by atoms with Gasteiger partial charge in [0.2, 0.25) is 0 Å². The van der Waals surface area contributed by atoms with E-state index in [0.29, 0.717) is 12.1 Å². The highest BCUT2D eigenvalue weighted by atomic mass is 19.1. The first-order chi connectivity index (χ1) is 12.6. The second kappa shape index (κ2) is 7.04. The van der Waals surface area contributed by atoms with Gasteiger partial charge in [-0.2, -0.15) is 0 Å². The first-order valence-electron chi connectivity index (χ1n) is 9.01. The lowest BCUT2D eigenvalue weighted by Gasteiger charge is -2.31. The molecule has 2 heterocycles. The van der Waals surface area contributed by atoms with Gasteiger partial charge in [0.15, 0.2) is 0 Å². The smallest absolute Gasteiger partial charge is 0.127 e. The standard InChI is InChI=1S/C22H22F2N2/c1-16-5-2-6-17(13-16)22-21-7-3-10-25(21)11-4-12-26(22)15-18-14-19(23)8-9-20(18)24/h2-3,5-10,13-14,22H,4,11-12,15H2,1H3/t22-/m1/s1. The monoisotopic (exact) mass is 352 g/mol. The van der Waals surface area contributed by atoms with Crippen LogP contribution in [-0.2, 0) is 13.1 Å². The largest absolute Gasteiger partial charge is 0.350 e. The lowest BCUT2D eigenvalue weighted by molar-refractivity contribution is 0.217. The fourth-order valence-electron chi connectivity index (χ4n) is 3.91. The Morgan fingerprint density at radius 3 is 2.73 bits per heavy atom. The van der Waals surface area contributed by atoms with Crippen molar-refractivity contribution in [3.8, 4) is 0 Å². The summed E-state index contributed by atoms with van der Waals surface area (Å²) in [6.07, 6.45) is 3.07. The zero-order valence-electron chi connectivity index (χ0n) is 14.8. The summed E-state index contributed by atoms with van der Waals surface area (Å²) in [4.78, 5) is 2.26. The van der Waals surface area contributed by atoms with Gasteiger partial charge in [-0.25, -0.2) is 8.78 Å². The van der Waals surface area contributed by atoms with E-state index in [1.165, 1.54) is 35.0 Å². The van der Waals surface area contributed by atoms with Crippen LogP contribution in [0, 0.1) is 18.6 Å². The summed E-state index contributed by atoms with van der Waals surface area (Å²) < 4.78 is 30.2. The molecule has 0 bridgehead atoms. The Bertz CT molecular complexity index is 916. The van der Waals surface area contributed by atoms with Crippen molar-refractivity contribution in [1.29, 1.82) is 0 Å². The number of hydrogen-bond acceptors (Lipinski definition) is 1. The molecule has 2 aromatic carbocycles. The van der Waals surface area contributed by atoms with E-state index in [0.717, 1.165) is 19.5 Å². The third-order valence-electron chi connectivity index (χ3n) is 5.09. The Balaban J connectivity index is 1.77. The highest BCUT2D eigenvalue weighted by Crippen LogP contribution is 2.33. The van der Waals surface area contributed by atoms with Gasteiger partial charge >= 0.3 is 0 Å². The molecule has 0 N–H and O–H groups in total. The van der Waals surface area contributed by atoms with E-state index in [-0.39, 0.29) is 11.9 Å². The van der Waals surface area contributed by atoms with Crippen molar-refractivity contribution in [2.75, 3.05) is 6.54 Å². The Labute approximate surface area is 152 Å². The highest BCUT2D eigenvalue weighted by Gasteiger charge is 2.28. The molecule has 134 valence electrons. The molecule has 0 aliphatic carbocycles. The van der Waals surface area contributed by atoms with Crippen LogP contribution in [0.5, 0.6) is 0 Å². The van der Waals surface area contributed by atoms with Crippen molar-refractivity contribution in [1.82, 2.24) is 9.47 Å². The van der Waals surface area contributed by atoms with Gasteiger partial charge in [0.05, 0.1) is 6.04 Å². The molecule has 1 aliphatic heterocycles. The van der Waals surface area contributed by atoms with Gasteiger partial charge in [-0.05, 0) is 49.2 Å². The number of rotatable bonds is 3. The Morgan fingerprint density at radius 1 is 1.00 bits per heavy atom. The number of fused-ring (bicyclic) bond motifs is 1. The van der Waals surface area contributed by atoms with Crippen molar-refractivity contribution < 1.29 is 8.78 Å². The third kappa shape index (κ3) is 3.29. The summed E-state index contributed by atoms with van der Waals surface area (Å²) in [7, 11) is 0. The predicted molar refractivity (Wildman–Crippen MR) is 98.8 cm³/mol. The number of benzene rings is 2. The molecule has 0 radical (unpaired) electrons. The molecule has 4 rings (SSSR count). The molecular weight excluding hydrogens is 330 g/mol. The fraction of sp³-hybridized carbons (Fsp3) is 0.273. The van der Waals surface area contributed by atoms with E-state index < -0.39 is 5.82 Å². The van der Waals surface area contributed by atoms with E-state index in [9.17, 15) is 8.78 Å². The minimum absolute atomic E-state index is 0.0232. The predicted octanol–water partition coefficient (Wildman–Crippen LogP) is 5.07. The van der Waals surface area contributed by atoms with E-state index in [4.69, 9.17) is 0 Å². The molecule has 3 aromatic rings. The molecule has 2 nitrogen and oxygen atoms in total. The Morgan fingerprint density at radius 2 is 1.88 bits per heavy atom. The topological polar surface area (TPSA) is 8.17 Å². The molecule has 1 aromatic heterocycles. The second-order valence-electron chi connectivity index (χ2n) is 7.00. The van der Waals surface area contributed by atoms with Crippen LogP contribution in [-0.4, -0.2) is 16.0 Å². The first kappa shape index (κ1) is 17.0. The summed E-state index contributed by atoms with van der Waals surface area (Å²) in [5.74, 6) is -0.749. The van der Waals surface area contributed by atoms with E-state index in [2.05, 4.69) is 59.0 Å². The normalized spacial score (nSPS) is 17.7. The maximum atomic E-state index is 14.3. The van der Waals surface area contributed by atoms with E-state index in [1.54, 1.807) is 0 Å². The van der Waals surface area contributed by atoms with Gasteiger partial charge in [-0.3, -0.25) is 4.90 Å². The number of halogens is 2. The molecule has 1 aliphatic rings. The van der Waals surface area contributed by atoms with Gasteiger partial charge < -0.3 is 4.57 Å². The maximum absolute atomic E-state index is 14.3. The first-order valence-corrected chi connectivity index (χ1v) is 9.01. The van der Waals surface area contributed by atoms with Crippen LogP contribution in [0.25, 0.3) is 0 Å². The minimum Gasteiger partial charge on any atom is -0.350 e. The van der Waals surface area contributed by atoms with Crippen LogP contribution in [0.3, 0.4) is 0 Å². The Kier molecular flexibility index (Phi) is 4.60. The molecule has 4 heteroatoms. The average molecular weight is 352 g/mol. The van der Waals surface area contributed by atoms with Gasteiger partial charge in [0.1, 0.15) is 11.6 Å². The van der Waals surface area contributed by atoms with Crippen molar-refractivity contribution in [3.05, 3.63) is 94.8 Å². The van der Waals surface area contributed by atoms with Crippen molar-refractivity contribution in [2.24, 2.45) is 0 Å². The van der Waals surface area contributed by atoms with Crippen LogP contribution in [0.15, 0.2) is 60.8 Å². The fourth-order valence-corrected chi connectivity index (χ4v) is 3.91. The summed E-state index contributed by atoms with van der Waals surface area (Å²) in [6, 6.07) is 16.4. The molecule has 26 heavy (non-hydrogen) atoms. The van der Waals surface area contributed by atoms with Crippen molar-refractivity contribution in [2.45, 2.75) is 32.5 Å². The van der Waals surface area contributed by atoms with Crippen LogP contribution in [0.4, 0.5) is 8.78 Å². The molecule has 1 atom stereocenters. The SMILES string of the molecule is Cc1cccc([C@@H]2c3cccn3CCCN2Cc2cc(F)ccc2F)c1. The van der Waals surface area contributed by atoms with Crippen LogP contribution < -0.4 is 0 Å². The second-order valence-corrected chi connectivity index (χ2v) is 7.00. The van der Waals surface area contributed by atoms with E-state index in [1.807, 2.05) is 0 Å². The molecular formula is C22H22F2N2. The molecule has 0 spiro atoms. The molecule has 0 fully saturated rings. The number of hydrogen-bond donors (Lipinski definition) is 0. The van der Waals surface area contributed by atoms with Crippen LogP contribution in [0.1, 0.15) is 34.8 Å². The summed E-state index contributed by atoms with van der Waals surface area (Å²) >= 11 is 0. The zero-order valence-corrected chi connectivity index (χ0v) is 14.8. The number of nitrogens with zero attached hydrogens (tertiary/aromatic N) is 2. The zero-order chi connectivity index (χ0) is 18.1. The lowest BCUT2D eigenvalue weighted by atomic mass is 9.99.